The lowest BCUT2D eigenvalue weighted by Gasteiger charge is -2.18. The minimum absolute atomic E-state index is 0.314. The second kappa shape index (κ2) is 7.00. The van der Waals surface area contributed by atoms with Gasteiger partial charge in [-0.1, -0.05) is 103 Å². The second-order valence-corrected chi connectivity index (χ2v) is 7.92. The molecule has 0 atom stereocenters. The molecule has 0 radical (unpaired) electrons. The smallest absolute Gasteiger partial charge is 0.123 e. The molecule has 0 heterocycles. The first kappa shape index (κ1) is 17.7. The molecule has 0 aliphatic carbocycles. The summed E-state index contributed by atoms with van der Waals surface area (Å²) in [5.74, 6) is 0.314. The van der Waals surface area contributed by atoms with Gasteiger partial charge in [0.25, 0.3) is 0 Å². The van der Waals surface area contributed by atoms with Gasteiger partial charge < -0.3 is 5.11 Å². The Bertz CT molecular complexity index is 1520. The zero-order chi connectivity index (χ0) is 20.8. The number of phenolic OH excluding ortho intramolecular Hbond substituents is 1. The molecule has 0 saturated heterocycles. The van der Waals surface area contributed by atoms with Crippen LogP contribution in [0.1, 0.15) is 0 Å². The molecule has 31 heavy (non-hydrogen) atoms. The topological polar surface area (TPSA) is 20.2 Å². The SMILES string of the molecule is Oc1cccc2ccc(-c3c4ccccc4c(-c4ccccc4)c4ccccc34)cc12. The Morgan fingerprint density at radius 2 is 0.935 bits per heavy atom. The number of benzene rings is 6. The van der Waals surface area contributed by atoms with Gasteiger partial charge in [0.15, 0.2) is 0 Å². The monoisotopic (exact) mass is 396 g/mol. The summed E-state index contributed by atoms with van der Waals surface area (Å²) in [5, 5.41) is 17.3. The van der Waals surface area contributed by atoms with E-state index >= 15 is 0 Å². The second-order valence-electron chi connectivity index (χ2n) is 7.92. The van der Waals surface area contributed by atoms with Gasteiger partial charge in [0.05, 0.1) is 0 Å². The van der Waals surface area contributed by atoms with Crippen molar-refractivity contribution in [3.8, 4) is 28.0 Å². The van der Waals surface area contributed by atoms with Crippen molar-refractivity contribution in [2.75, 3.05) is 0 Å². The van der Waals surface area contributed by atoms with Gasteiger partial charge >= 0.3 is 0 Å². The predicted molar refractivity (Wildman–Crippen MR) is 131 cm³/mol. The standard InChI is InChI=1S/C30H20O/c31-28-16-8-11-20-17-18-22(19-27(20)28)30-25-14-6-4-12-23(25)29(21-9-2-1-3-10-21)24-13-5-7-15-26(24)30/h1-19,31H. The average molecular weight is 396 g/mol. The molecule has 1 N–H and O–H groups in total. The highest BCUT2D eigenvalue weighted by atomic mass is 16.3. The Morgan fingerprint density at radius 3 is 1.55 bits per heavy atom. The van der Waals surface area contributed by atoms with E-state index in [4.69, 9.17) is 0 Å². The van der Waals surface area contributed by atoms with Crippen LogP contribution in [0.3, 0.4) is 0 Å². The van der Waals surface area contributed by atoms with Crippen LogP contribution in [0.5, 0.6) is 5.75 Å². The predicted octanol–water partition coefficient (Wildman–Crippen LogP) is 8.19. The molecule has 0 amide bonds. The van der Waals surface area contributed by atoms with E-state index in [2.05, 4.69) is 97.1 Å². The summed E-state index contributed by atoms with van der Waals surface area (Å²) in [4.78, 5) is 0. The lowest BCUT2D eigenvalue weighted by Crippen LogP contribution is -1.90. The van der Waals surface area contributed by atoms with Gasteiger partial charge in [-0.2, -0.15) is 0 Å². The zero-order valence-electron chi connectivity index (χ0n) is 16.9. The van der Waals surface area contributed by atoms with E-state index in [-0.39, 0.29) is 0 Å². The summed E-state index contributed by atoms with van der Waals surface area (Å²) in [6.45, 7) is 0. The van der Waals surface area contributed by atoms with Gasteiger partial charge in [-0.25, -0.2) is 0 Å². The highest BCUT2D eigenvalue weighted by molar-refractivity contribution is 6.21. The minimum Gasteiger partial charge on any atom is -0.507 e. The van der Waals surface area contributed by atoms with Crippen LogP contribution < -0.4 is 0 Å². The van der Waals surface area contributed by atoms with Crippen LogP contribution in [-0.4, -0.2) is 5.11 Å². The normalized spacial score (nSPS) is 11.4. The number of rotatable bonds is 2. The largest absolute Gasteiger partial charge is 0.507 e. The molecule has 0 aliphatic heterocycles. The molecular weight excluding hydrogens is 376 g/mol. The summed E-state index contributed by atoms with van der Waals surface area (Å²) in [6, 6.07) is 39.9. The summed E-state index contributed by atoms with van der Waals surface area (Å²) in [7, 11) is 0. The lowest BCUT2D eigenvalue weighted by molar-refractivity contribution is 0.481. The van der Waals surface area contributed by atoms with Gasteiger partial charge in [0.2, 0.25) is 0 Å². The van der Waals surface area contributed by atoms with Crippen LogP contribution in [0, 0.1) is 0 Å². The molecule has 6 aromatic carbocycles. The first-order valence-electron chi connectivity index (χ1n) is 10.5. The van der Waals surface area contributed by atoms with E-state index in [1.54, 1.807) is 6.07 Å². The van der Waals surface area contributed by atoms with E-state index in [1.807, 2.05) is 12.1 Å². The number of hydrogen-bond acceptors (Lipinski definition) is 1. The fraction of sp³-hybridized carbons (Fsp3) is 0. The molecule has 1 nitrogen and oxygen atoms in total. The third-order valence-electron chi connectivity index (χ3n) is 6.14. The fourth-order valence-corrected chi connectivity index (χ4v) is 4.77. The quantitative estimate of drug-likeness (QED) is 0.293. The first-order valence-corrected chi connectivity index (χ1v) is 10.5. The van der Waals surface area contributed by atoms with Crippen molar-refractivity contribution >= 4 is 32.3 Å². The van der Waals surface area contributed by atoms with Gasteiger partial charge in [0.1, 0.15) is 5.75 Å². The molecule has 6 rings (SSSR count). The molecule has 6 aromatic rings. The van der Waals surface area contributed by atoms with Crippen LogP contribution in [0.4, 0.5) is 0 Å². The van der Waals surface area contributed by atoms with Crippen molar-refractivity contribution < 1.29 is 5.11 Å². The number of fused-ring (bicyclic) bond motifs is 3. The van der Waals surface area contributed by atoms with Crippen LogP contribution >= 0.6 is 0 Å². The van der Waals surface area contributed by atoms with Gasteiger partial charge in [-0.15, -0.1) is 0 Å². The maximum atomic E-state index is 10.5. The number of phenols is 1. The van der Waals surface area contributed by atoms with Gasteiger partial charge in [-0.05, 0) is 61.3 Å². The molecular formula is C30H20O. The summed E-state index contributed by atoms with van der Waals surface area (Å²) < 4.78 is 0. The first-order chi connectivity index (χ1) is 15.3. The van der Waals surface area contributed by atoms with Crippen molar-refractivity contribution in [1.29, 1.82) is 0 Å². The van der Waals surface area contributed by atoms with E-state index < -0.39 is 0 Å². The molecule has 0 saturated carbocycles. The lowest BCUT2D eigenvalue weighted by atomic mass is 9.85. The summed E-state index contributed by atoms with van der Waals surface area (Å²) in [5.41, 5.74) is 4.80. The maximum absolute atomic E-state index is 10.5. The average Bonchev–Trinajstić information content (AvgIpc) is 2.83. The van der Waals surface area contributed by atoms with Crippen molar-refractivity contribution in [2.45, 2.75) is 0 Å². The van der Waals surface area contributed by atoms with E-state index in [1.165, 1.54) is 38.2 Å². The van der Waals surface area contributed by atoms with Crippen LogP contribution in [-0.2, 0) is 0 Å². The van der Waals surface area contributed by atoms with E-state index in [9.17, 15) is 5.11 Å². The molecule has 0 bridgehead atoms. The highest BCUT2D eigenvalue weighted by Gasteiger charge is 2.16. The van der Waals surface area contributed by atoms with E-state index in [0.717, 1.165) is 16.3 Å². The Kier molecular flexibility index (Phi) is 4.00. The molecule has 146 valence electrons. The third-order valence-corrected chi connectivity index (χ3v) is 6.14. The maximum Gasteiger partial charge on any atom is 0.123 e. The Morgan fingerprint density at radius 1 is 0.387 bits per heavy atom. The van der Waals surface area contributed by atoms with Crippen LogP contribution in [0.2, 0.25) is 0 Å². The van der Waals surface area contributed by atoms with Gasteiger partial charge in [-0.3, -0.25) is 0 Å². The summed E-state index contributed by atoms with van der Waals surface area (Å²) in [6.07, 6.45) is 0. The van der Waals surface area contributed by atoms with Crippen molar-refractivity contribution in [2.24, 2.45) is 0 Å². The summed E-state index contributed by atoms with van der Waals surface area (Å²) >= 11 is 0. The minimum atomic E-state index is 0.314. The van der Waals surface area contributed by atoms with Crippen LogP contribution in [0.25, 0.3) is 54.6 Å². The highest BCUT2D eigenvalue weighted by Crippen LogP contribution is 2.44. The van der Waals surface area contributed by atoms with Crippen molar-refractivity contribution in [1.82, 2.24) is 0 Å². The third kappa shape index (κ3) is 2.78. The zero-order valence-corrected chi connectivity index (χ0v) is 16.9. The molecule has 1 heteroatoms. The number of aromatic hydroxyl groups is 1. The van der Waals surface area contributed by atoms with Crippen LogP contribution in [0.15, 0.2) is 115 Å². The fourth-order valence-electron chi connectivity index (χ4n) is 4.77. The Labute approximate surface area is 180 Å². The molecule has 0 fully saturated rings. The Hall–Kier alpha value is -4.10. The number of hydrogen-bond donors (Lipinski definition) is 1. The Balaban J connectivity index is 1.79. The van der Waals surface area contributed by atoms with Crippen molar-refractivity contribution in [3.05, 3.63) is 115 Å². The van der Waals surface area contributed by atoms with Gasteiger partial charge in [0, 0.05) is 5.39 Å². The molecule has 0 aliphatic rings. The molecule has 0 aromatic heterocycles. The van der Waals surface area contributed by atoms with E-state index in [0.29, 0.717) is 5.75 Å². The molecule has 0 unspecified atom stereocenters. The van der Waals surface area contributed by atoms with Crippen molar-refractivity contribution in [3.63, 3.8) is 0 Å². The molecule has 0 spiro atoms.